The largest absolute Gasteiger partial charge is 0.485 e. The Labute approximate surface area is 104 Å². The molecule has 18 heavy (non-hydrogen) atoms. The molecular weight excluding hydrogens is 232 g/mol. The molecule has 0 amide bonds. The molecule has 0 fully saturated rings. The molecular formula is C14H14O4. The van der Waals surface area contributed by atoms with Crippen molar-refractivity contribution in [1.29, 1.82) is 0 Å². The van der Waals surface area contributed by atoms with Crippen LogP contribution in [0.4, 0.5) is 0 Å². The number of hydrogen-bond donors (Lipinski definition) is 0. The third kappa shape index (κ3) is 2.42. The first-order valence-electron chi connectivity index (χ1n) is 5.64. The van der Waals surface area contributed by atoms with Crippen LogP contribution in [-0.4, -0.2) is 12.4 Å². The van der Waals surface area contributed by atoms with Crippen molar-refractivity contribution in [3.05, 3.63) is 39.7 Å². The summed E-state index contributed by atoms with van der Waals surface area (Å²) < 4.78 is 10.5. The highest BCUT2D eigenvalue weighted by Gasteiger charge is 2.08. The molecule has 0 spiro atoms. The molecule has 1 aromatic carbocycles. The highest BCUT2D eigenvalue weighted by Crippen LogP contribution is 2.26. The third-order valence-corrected chi connectivity index (χ3v) is 2.68. The number of carbonyl (C=O) groups excluding carboxylic acids is 1. The lowest BCUT2D eigenvalue weighted by Crippen LogP contribution is -2.07. The monoisotopic (exact) mass is 246 g/mol. The minimum atomic E-state index is -0.388. The number of ether oxygens (including phenoxy) is 1. The maximum atomic E-state index is 11.3. The molecule has 0 bridgehead atoms. The molecule has 2 aromatic rings. The average Bonchev–Trinajstić information content (AvgIpc) is 2.27. The van der Waals surface area contributed by atoms with Crippen LogP contribution in [0, 0.1) is 13.8 Å². The van der Waals surface area contributed by atoms with Gasteiger partial charge in [-0.3, -0.25) is 4.79 Å². The number of fused-ring (bicyclic) bond motifs is 1. The molecule has 0 aliphatic rings. The Morgan fingerprint density at radius 2 is 1.94 bits per heavy atom. The summed E-state index contributed by atoms with van der Waals surface area (Å²) in [5.74, 6) is 0.506. The molecule has 0 aliphatic carbocycles. The number of ketones is 1. The Morgan fingerprint density at radius 3 is 2.61 bits per heavy atom. The van der Waals surface area contributed by atoms with Gasteiger partial charge in [0.15, 0.2) is 5.78 Å². The van der Waals surface area contributed by atoms with Crippen LogP contribution in [0.25, 0.3) is 11.0 Å². The van der Waals surface area contributed by atoms with Crippen LogP contribution in [0.1, 0.15) is 18.1 Å². The van der Waals surface area contributed by atoms with Crippen molar-refractivity contribution in [3.63, 3.8) is 0 Å². The lowest BCUT2D eigenvalue weighted by Gasteiger charge is -2.09. The minimum Gasteiger partial charge on any atom is -0.485 e. The van der Waals surface area contributed by atoms with Crippen LogP contribution >= 0.6 is 0 Å². The van der Waals surface area contributed by atoms with Crippen molar-refractivity contribution in [1.82, 2.24) is 0 Å². The summed E-state index contributed by atoms with van der Waals surface area (Å²) in [5.41, 5.74) is 1.86. The molecule has 4 nitrogen and oxygen atoms in total. The standard InChI is InChI=1S/C14H14O4/c1-8-5-14(16)18-13-6-12(17-7-10(3)15)9(2)4-11(8)13/h4-6H,7H2,1-3H3. The smallest absolute Gasteiger partial charge is 0.336 e. The Balaban J connectivity index is 2.53. The SMILES string of the molecule is CC(=O)COc1cc2oc(=O)cc(C)c2cc1C. The van der Waals surface area contributed by atoms with Crippen LogP contribution in [0.2, 0.25) is 0 Å². The molecule has 0 unspecified atom stereocenters. The Bertz CT molecular complexity index is 667. The minimum absolute atomic E-state index is 0.0163. The zero-order valence-corrected chi connectivity index (χ0v) is 10.6. The van der Waals surface area contributed by atoms with Crippen molar-refractivity contribution in [2.45, 2.75) is 20.8 Å². The maximum Gasteiger partial charge on any atom is 0.336 e. The fourth-order valence-electron chi connectivity index (χ4n) is 1.79. The molecule has 2 rings (SSSR count). The second-order valence-electron chi connectivity index (χ2n) is 4.35. The number of hydrogen-bond acceptors (Lipinski definition) is 4. The van der Waals surface area contributed by atoms with Crippen molar-refractivity contribution < 1.29 is 13.9 Å². The quantitative estimate of drug-likeness (QED) is 0.780. The molecule has 1 heterocycles. The van der Waals surface area contributed by atoms with Gasteiger partial charge in [-0.2, -0.15) is 0 Å². The molecule has 0 saturated heterocycles. The van der Waals surface area contributed by atoms with E-state index in [0.29, 0.717) is 11.3 Å². The average molecular weight is 246 g/mol. The summed E-state index contributed by atoms with van der Waals surface area (Å²) in [4.78, 5) is 22.2. The van der Waals surface area contributed by atoms with E-state index in [1.165, 1.54) is 13.0 Å². The van der Waals surface area contributed by atoms with Gasteiger partial charge in [0.1, 0.15) is 17.9 Å². The van der Waals surface area contributed by atoms with Crippen molar-refractivity contribution in [3.8, 4) is 5.75 Å². The van der Waals surface area contributed by atoms with E-state index in [1.54, 1.807) is 6.07 Å². The second-order valence-corrected chi connectivity index (χ2v) is 4.35. The van der Waals surface area contributed by atoms with Gasteiger partial charge in [-0.05, 0) is 38.0 Å². The van der Waals surface area contributed by atoms with Gasteiger partial charge < -0.3 is 9.15 Å². The van der Waals surface area contributed by atoms with E-state index in [4.69, 9.17) is 9.15 Å². The van der Waals surface area contributed by atoms with Gasteiger partial charge in [0.25, 0.3) is 0 Å². The van der Waals surface area contributed by atoms with Crippen LogP contribution in [0.15, 0.2) is 27.4 Å². The maximum absolute atomic E-state index is 11.3. The van der Waals surface area contributed by atoms with Gasteiger partial charge >= 0.3 is 5.63 Å². The van der Waals surface area contributed by atoms with Crippen molar-refractivity contribution in [2.24, 2.45) is 0 Å². The predicted molar refractivity (Wildman–Crippen MR) is 68.1 cm³/mol. The van der Waals surface area contributed by atoms with Gasteiger partial charge in [-0.15, -0.1) is 0 Å². The number of rotatable bonds is 3. The topological polar surface area (TPSA) is 56.5 Å². The first-order valence-corrected chi connectivity index (χ1v) is 5.64. The fraction of sp³-hybridized carbons (Fsp3) is 0.286. The van der Waals surface area contributed by atoms with Gasteiger partial charge in [-0.1, -0.05) is 0 Å². The molecule has 0 atom stereocenters. The number of benzene rings is 1. The first-order chi connectivity index (χ1) is 8.47. The van der Waals surface area contributed by atoms with Gasteiger partial charge in [-0.25, -0.2) is 4.79 Å². The zero-order chi connectivity index (χ0) is 13.3. The third-order valence-electron chi connectivity index (χ3n) is 2.68. The lowest BCUT2D eigenvalue weighted by atomic mass is 10.1. The Kier molecular flexibility index (Phi) is 3.19. The summed E-state index contributed by atoms with van der Waals surface area (Å²) in [7, 11) is 0. The van der Waals surface area contributed by atoms with Crippen LogP contribution < -0.4 is 10.4 Å². The van der Waals surface area contributed by atoms with E-state index >= 15 is 0 Å². The summed E-state index contributed by atoms with van der Waals surface area (Å²) in [6.07, 6.45) is 0. The molecule has 0 radical (unpaired) electrons. The Hall–Kier alpha value is -2.10. The van der Waals surface area contributed by atoms with Gasteiger partial charge in [0, 0.05) is 17.5 Å². The highest BCUT2D eigenvalue weighted by molar-refractivity contribution is 5.83. The van der Waals surface area contributed by atoms with Crippen LogP contribution in [0.3, 0.4) is 0 Å². The van der Waals surface area contributed by atoms with Crippen LogP contribution in [0.5, 0.6) is 5.75 Å². The first kappa shape index (κ1) is 12.4. The molecule has 1 aromatic heterocycles. The van der Waals surface area contributed by atoms with E-state index in [0.717, 1.165) is 16.5 Å². The normalized spacial score (nSPS) is 10.6. The van der Waals surface area contributed by atoms with Gasteiger partial charge in [0.2, 0.25) is 0 Å². The molecule has 4 heteroatoms. The van der Waals surface area contributed by atoms with E-state index < -0.39 is 0 Å². The number of Topliss-reactive ketones (excluding diaryl/α,β-unsaturated/α-hetero) is 1. The van der Waals surface area contributed by atoms with E-state index in [2.05, 4.69) is 0 Å². The Morgan fingerprint density at radius 1 is 1.22 bits per heavy atom. The molecule has 0 N–H and O–H groups in total. The second kappa shape index (κ2) is 4.64. The van der Waals surface area contributed by atoms with E-state index in [-0.39, 0.29) is 18.0 Å². The molecule has 0 saturated carbocycles. The number of carbonyl (C=O) groups is 1. The van der Waals surface area contributed by atoms with E-state index in [9.17, 15) is 9.59 Å². The van der Waals surface area contributed by atoms with Crippen LogP contribution in [-0.2, 0) is 4.79 Å². The summed E-state index contributed by atoms with van der Waals surface area (Å²) in [6, 6.07) is 5.00. The summed E-state index contributed by atoms with van der Waals surface area (Å²) >= 11 is 0. The summed E-state index contributed by atoms with van der Waals surface area (Å²) in [5, 5.41) is 0.877. The highest BCUT2D eigenvalue weighted by atomic mass is 16.5. The fourth-order valence-corrected chi connectivity index (χ4v) is 1.79. The van der Waals surface area contributed by atoms with Gasteiger partial charge in [0.05, 0.1) is 0 Å². The van der Waals surface area contributed by atoms with E-state index in [1.807, 2.05) is 19.9 Å². The lowest BCUT2D eigenvalue weighted by molar-refractivity contribution is -0.118. The van der Waals surface area contributed by atoms with Crippen molar-refractivity contribution >= 4 is 16.8 Å². The zero-order valence-electron chi connectivity index (χ0n) is 10.6. The predicted octanol–water partition coefficient (Wildman–Crippen LogP) is 2.38. The summed E-state index contributed by atoms with van der Waals surface area (Å²) in [6.45, 7) is 5.22. The van der Waals surface area contributed by atoms with Crippen molar-refractivity contribution in [2.75, 3.05) is 6.61 Å². The molecule has 0 aliphatic heterocycles. The number of aryl methyl sites for hydroxylation is 2. The molecule has 94 valence electrons.